The van der Waals surface area contributed by atoms with Crippen molar-refractivity contribution < 1.29 is 17.6 Å². The Labute approximate surface area is 160 Å². The number of halogens is 1. The monoisotopic (exact) mass is 392 g/mol. The summed E-state index contributed by atoms with van der Waals surface area (Å²) in [6.45, 7) is 3.96. The van der Waals surface area contributed by atoms with Crippen LogP contribution in [0.4, 0.5) is 15.8 Å². The normalized spacial score (nSPS) is 11.3. The fourth-order valence-corrected chi connectivity index (χ4v) is 3.85. The lowest BCUT2D eigenvalue weighted by Crippen LogP contribution is -2.33. The van der Waals surface area contributed by atoms with Gasteiger partial charge >= 0.3 is 0 Å². The molecule has 0 aliphatic rings. The maximum atomic E-state index is 13.5. The Kier molecular flexibility index (Phi) is 6.96. The molecule has 0 aliphatic heterocycles. The molecule has 0 aliphatic carbocycles. The van der Waals surface area contributed by atoms with Crippen LogP contribution >= 0.6 is 0 Å². The van der Waals surface area contributed by atoms with Crippen molar-refractivity contribution in [3.63, 3.8) is 0 Å². The van der Waals surface area contributed by atoms with Crippen molar-refractivity contribution in [1.82, 2.24) is 0 Å². The topological polar surface area (TPSA) is 66.5 Å². The lowest BCUT2D eigenvalue weighted by Gasteiger charge is -2.22. The third-order valence-electron chi connectivity index (χ3n) is 4.30. The number of para-hydroxylation sites is 1. The molecule has 2 aromatic rings. The van der Waals surface area contributed by atoms with E-state index in [4.69, 9.17) is 0 Å². The second-order valence-corrected chi connectivity index (χ2v) is 8.18. The van der Waals surface area contributed by atoms with Crippen LogP contribution in [0, 0.1) is 5.82 Å². The summed E-state index contributed by atoms with van der Waals surface area (Å²) in [4.78, 5) is 12.5. The first-order chi connectivity index (χ1) is 12.8. The van der Waals surface area contributed by atoms with Crippen molar-refractivity contribution in [1.29, 1.82) is 0 Å². The number of rotatable bonds is 8. The van der Waals surface area contributed by atoms with Gasteiger partial charge in [-0.05, 0) is 42.2 Å². The standard InChI is InChI=1S/C20H25FN2O3S/c1-4-15-8-6-9-16(5-2)20(15)22-19(24)12-13-23(27(3,25)26)18-11-7-10-17(21)14-18/h6-11,14H,4-5,12-13H2,1-3H3,(H,22,24). The molecule has 0 spiro atoms. The van der Waals surface area contributed by atoms with Crippen molar-refractivity contribution in [2.24, 2.45) is 0 Å². The number of hydrogen-bond acceptors (Lipinski definition) is 3. The van der Waals surface area contributed by atoms with Crippen molar-refractivity contribution in [3.05, 3.63) is 59.4 Å². The van der Waals surface area contributed by atoms with Crippen LogP contribution in [-0.2, 0) is 27.7 Å². The number of nitrogens with zero attached hydrogens (tertiary/aromatic N) is 1. The van der Waals surface area contributed by atoms with E-state index in [0.717, 1.165) is 46.3 Å². The zero-order chi connectivity index (χ0) is 20.0. The molecule has 27 heavy (non-hydrogen) atoms. The molecule has 7 heteroatoms. The highest BCUT2D eigenvalue weighted by Gasteiger charge is 2.19. The summed E-state index contributed by atoms with van der Waals surface area (Å²) < 4.78 is 38.7. The second-order valence-electron chi connectivity index (χ2n) is 6.27. The minimum atomic E-state index is -3.64. The molecule has 1 N–H and O–H groups in total. The summed E-state index contributed by atoms with van der Waals surface area (Å²) in [7, 11) is -3.64. The van der Waals surface area contributed by atoms with Crippen LogP contribution in [0.25, 0.3) is 0 Å². The molecule has 1 amide bonds. The van der Waals surface area contributed by atoms with Gasteiger partial charge in [0.05, 0.1) is 11.9 Å². The molecule has 0 heterocycles. The van der Waals surface area contributed by atoms with E-state index in [9.17, 15) is 17.6 Å². The first-order valence-corrected chi connectivity index (χ1v) is 10.7. The van der Waals surface area contributed by atoms with Crippen LogP contribution in [0.1, 0.15) is 31.4 Å². The molecular formula is C20H25FN2O3S. The fourth-order valence-electron chi connectivity index (χ4n) is 2.93. The number of nitrogens with one attached hydrogen (secondary N) is 1. The maximum Gasteiger partial charge on any atom is 0.232 e. The largest absolute Gasteiger partial charge is 0.326 e. The highest BCUT2D eigenvalue weighted by Crippen LogP contribution is 2.23. The number of hydrogen-bond donors (Lipinski definition) is 1. The van der Waals surface area contributed by atoms with Gasteiger partial charge in [0.1, 0.15) is 5.82 Å². The smallest absolute Gasteiger partial charge is 0.232 e. The van der Waals surface area contributed by atoms with Crippen LogP contribution in [0.3, 0.4) is 0 Å². The molecule has 0 saturated heterocycles. The Morgan fingerprint density at radius 1 is 1.07 bits per heavy atom. The van der Waals surface area contributed by atoms with Gasteiger partial charge in [0.2, 0.25) is 15.9 Å². The Balaban J connectivity index is 2.16. The van der Waals surface area contributed by atoms with Gasteiger partial charge in [0.25, 0.3) is 0 Å². The molecule has 2 rings (SSSR count). The Morgan fingerprint density at radius 3 is 2.19 bits per heavy atom. The van der Waals surface area contributed by atoms with E-state index in [-0.39, 0.29) is 24.6 Å². The number of amides is 1. The maximum absolute atomic E-state index is 13.5. The summed E-state index contributed by atoms with van der Waals surface area (Å²) in [5.41, 5.74) is 3.07. The van der Waals surface area contributed by atoms with Gasteiger partial charge in [-0.2, -0.15) is 0 Å². The van der Waals surface area contributed by atoms with Crippen LogP contribution in [-0.4, -0.2) is 27.1 Å². The lowest BCUT2D eigenvalue weighted by molar-refractivity contribution is -0.116. The number of carbonyl (C=O) groups excluding carboxylic acids is 1. The third-order valence-corrected chi connectivity index (χ3v) is 5.50. The van der Waals surface area contributed by atoms with Gasteiger partial charge in [0, 0.05) is 18.7 Å². The van der Waals surface area contributed by atoms with Crippen molar-refractivity contribution in [2.45, 2.75) is 33.1 Å². The van der Waals surface area contributed by atoms with Gasteiger partial charge < -0.3 is 5.32 Å². The number of benzene rings is 2. The van der Waals surface area contributed by atoms with Gasteiger partial charge in [0.15, 0.2) is 0 Å². The van der Waals surface area contributed by atoms with E-state index in [0.29, 0.717) is 0 Å². The lowest BCUT2D eigenvalue weighted by atomic mass is 10.0. The summed E-state index contributed by atoms with van der Waals surface area (Å²) in [5, 5.41) is 2.92. The van der Waals surface area contributed by atoms with Crippen molar-refractivity contribution in [2.75, 3.05) is 22.4 Å². The summed E-state index contributed by atoms with van der Waals surface area (Å²) in [6.07, 6.45) is 2.56. The molecule has 0 saturated carbocycles. The zero-order valence-corrected chi connectivity index (χ0v) is 16.6. The number of carbonyl (C=O) groups is 1. The molecule has 146 valence electrons. The SMILES string of the molecule is CCc1cccc(CC)c1NC(=O)CCN(c1cccc(F)c1)S(C)(=O)=O. The van der Waals surface area contributed by atoms with Crippen LogP contribution in [0.2, 0.25) is 0 Å². The minimum Gasteiger partial charge on any atom is -0.326 e. The summed E-state index contributed by atoms with van der Waals surface area (Å²) in [5.74, 6) is -0.814. The fraction of sp³-hybridized carbons (Fsp3) is 0.350. The van der Waals surface area contributed by atoms with E-state index in [1.807, 2.05) is 32.0 Å². The van der Waals surface area contributed by atoms with Crippen molar-refractivity contribution in [3.8, 4) is 0 Å². The predicted molar refractivity (Wildman–Crippen MR) is 107 cm³/mol. The summed E-state index contributed by atoms with van der Waals surface area (Å²) in [6, 6.07) is 11.2. The third kappa shape index (κ3) is 5.53. The molecule has 2 aromatic carbocycles. The van der Waals surface area contributed by atoms with Crippen LogP contribution in [0.15, 0.2) is 42.5 Å². The molecule has 0 unspecified atom stereocenters. The highest BCUT2D eigenvalue weighted by atomic mass is 32.2. The molecule has 0 bridgehead atoms. The van der Waals surface area contributed by atoms with Crippen molar-refractivity contribution >= 4 is 27.3 Å². The van der Waals surface area contributed by atoms with Crippen LogP contribution in [0.5, 0.6) is 0 Å². The van der Waals surface area contributed by atoms with E-state index < -0.39 is 15.8 Å². The zero-order valence-electron chi connectivity index (χ0n) is 15.8. The molecule has 0 aromatic heterocycles. The van der Waals surface area contributed by atoms with Gasteiger partial charge in [-0.25, -0.2) is 12.8 Å². The number of aryl methyl sites for hydroxylation is 2. The highest BCUT2D eigenvalue weighted by molar-refractivity contribution is 7.92. The Bertz CT molecular complexity index is 891. The quantitative estimate of drug-likeness (QED) is 0.744. The second kappa shape index (κ2) is 8.99. The average Bonchev–Trinajstić information content (AvgIpc) is 2.61. The summed E-state index contributed by atoms with van der Waals surface area (Å²) >= 11 is 0. The van der Waals surface area contributed by atoms with Gasteiger partial charge in [-0.3, -0.25) is 9.10 Å². The predicted octanol–water partition coefficient (Wildman–Crippen LogP) is 3.75. The molecule has 0 fully saturated rings. The molecular weight excluding hydrogens is 367 g/mol. The van der Waals surface area contributed by atoms with Crippen LogP contribution < -0.4 is 9.62 Å². The average molecular weight is 392 g/mol. The number of sulfonamides is 1. The molecule has 0 atom stereocenters. The Morgan fingerprint density at radius 2 is 1.67 bits per heavy atom. The minimum absolute atomic E-state index is 0.0369. The van der Waals surface area contributed by atoms with Gasteiger partial charge in [-0.15, -0.1) is 0 Å². The first-order valence-electron chi connectivity index (χ1n) is 8.90. The first kappa shape index (κ1) is 20.9. The Hall–Kier alpha value is -2.41. The molecule has 5 nitrogen and oxygen atoms in total. The van der Waals surface area contributed by atoms with Gasteiger partial charge in [-0.1, -0.05) is 38.1 Å². The molecule has 0 radical (unpaired) electrons. The number of anilines is 2. The van der Waals surface area contributed by atoms with E-state index >= 15 is 0 Å². The van der Waals surface area contributed by atoms with E-state index in [1.165, 1.54) is 18.2 Å². The van der Waals surface area contributed by atoms with E-state index in [2.05, 4.69) is 5.32 Å². The van der Waals surface area contributed by atoms with E-state index in [1.54, 1.807) is 0 Å².